The Morgan fingerprint density at radius 3 is 2.47 bits per heavy atom. The zero-order valence-electron chi connectivity index (χ0n) is 16.7. The van der Waals surface area contributed by atoms with Gasteiger partial charge in [-0.3, -0.25) is 0 Å². The molecule has 32 heavy (non-hydrogen) atoms. The fourth-order valence-corrected chi connectivity index (χ4v) is 3.70. The molecule has 0 aliphatic heterocycles. The van der Waals surface area contributed by atoms with Crippen LogP contribution in [0.5, 0.6) is 0 Å². The smallest absolute Gasteiger partial charge is 0.345 e. The lowest BCUT2D eigenvalue weighted by molar-refractivity contribution is 0.563. The Hall–Kier alpha value is -4.94. The molecule has 0 aliphatic rings. The van der Waals surface area contributed by atoms with Crippen molar-refractivity contribution in [2.24, 2.45) is 0 Å². The fraction of sp³-hybridized carbons (Fsp3) is 0. The first-order valence-electron chi connectivity index (χ1n) is 9.81. The normalized spacial score (nSPS) is 10.6. The summed E-state index contributed by atoms with van der Waals surface area (Å²) in [5.41, 5.74) is 1.68. The Labute approximate surface area is 182 Å². The second kappa shape index (κ2) is 7.71. The number of para-hydroxylation sites is 1. The third-order valence-corrected chi connectivity index (χ3v) is 5.20. The predicted octanol–water partition coefficient (Wildman–Crippen LogP) is 5.23. The Kier molecular flexibility index (Phi) is 4.59. The molecule has 0 amide bonds. The Bertz CT molecular complexity index is 1650. The summed E-state index contributed by atoms with van der Waals surface area (Å²) in [6.45, 7) is 0. The van der Waals surface area contributed by atoms with E-state index in [2.05, 4.69) is 5.10 Å². The van der Waals surface area contributed by atoms with Crippen LogP contribution in [0.1, 0.15) is 5.56 Å². The van der Waals surface area contributed by atoms with Crippen LogP contribution >= 0.6 is 0 Å². The van der Waals surface area contributed by atoms with E-state index < -0.39 is 5.63 Å². The van der Waals surface area contributed by atoms with E-state index in [1.807, 2.05) is 72.8 Å². The lowest BCUT2D eigenvalue weighted by Gasteiger charge is -2.05. The molecule has 0 unspecified atom stereocenters. The Balaban J connectivity index is 1.81. The van der Waals surface area contributed by atoms with Gasteiger partial charge in [-0.05, 0) is 41.1 Å². The number of hydrogen-bond acceptors (Lipinski definition) is 5. The Morgan fingerprint density at radius 2 is 1.69 bits per heavy atom. The minimum Gasteiger partial charge on any atom is -0.422 e. The van der Waals surface area contributed by atoms with Crippen molar-refractivity contribution in [2.75, 3.05) is 0 Å². The quantitative estimate of drug-likeness (QED) is 0.229. The van der Waals surface area contributed by atoms with Crippen LogP contribution in [0.2, 0.25) is 0 Å². The van der Waals surface area contributed by atoms with E-state index in [0.29, 0.717) is 16.8 Å². The minimum absolute atomic E-state index is 0.0884. The first-order valence-corrected chi connectivity index (χ1v) is 9.81. The second-order valence-electron chi connectivity index (χ2n) is 7.14. The van der Waals surface area contributed by atoms with Gasteiger partial charge in [-0.1, -0.05) is 48.5 Å². The van der Waals surface area contributed by atoms with Gasteiger partial charge in [0.1, 0.15) is 29.0 Å². The number of fused-ring (bicyclic) bond motifs is 3. The van der Waals surface area contributed by atoms with Gasteiger partial charge >= 0.3 is 5.63 Å². The number of hydrogen-bond donors (Lipinski definition) is 0. The van der Waals surface area contributed by atoms with Crippen molar-refractivity contribution >= 4 is 27.8 Å². The van der Waals surface area contributed by atoms with Crippen LogP contribution in [0, 0.1) is 22.7 Å². The fourth-order valence-electron chi connectivity index (χ4n) is 3.70. The van der Waals surface area contributed by atoms with Gasteiger partial charge in [0.15, 0.2) is 0 Å². The monoisotopic (exact) mass is 414 g/mol. The molecule has 5 aromatic rings. The maximum Gasteiger partial charge on any atom is 0.345 e. The van der Waals surface area contributed by atoms with Crippen molar-refractivity contribution in [3.05, 3.63) is 101 Å². The highest BCUT2D eigenvalue weighted by Gasteiger charge is 2.18. The average molecular weight is 414 g/mol. The van der Waals surface area contributed by atoms with E-state index in [4.69, 9.17) is 4.42 Å². The molecule has 0 atom stereocenters. The van der Waals surface area contributed by atoms with Crippen molar-refractivity contribution in [1.29, 1.82) is 10.5 Å². The molecule has 5 rings (SSSR count). The number of allylic oxidation sites excluding steroid dienone is 1. The maximum atomic E-state index is 12.9. The van der Waals surface area contributed by atoms with Crippen LogP contribution in [0.25, 0.3) is 44.8 Å². The van der Waals surface area contributed by atoms with E-state index in [9.17, 15) is 15.3 Å². The van der Waals surface area contributed by atoms with Gasteiger partial charge in [-0.25, -0.2) is 9.48 Å². The summed E-state index contributed by atoms with van der Waals surface area (Å²) < 4.78 is 7.24. The highest BCUT2D eigenvalue weighted by atomic mass is 16.4. The highest BCUT2D eigenvalue weighted by Crippen LogP contribution is 2.30. The van der Waals surface area contributed by atoms with Crippen molar-refractivity contribution < 1.29 is 4.42 Å². The summed E-state index contributed by atoms with van der Waals surface area (Å²) in [5.74, 6) is 0. The van der Waals surface area contributed by atoms with E-state index in [-0.39, 0.29) is 11.1 Å². The summed E-state index contributed by atoms with van der Waals surface area (Å²) in [4.78, 5) is 12.9. The van der Waals surface area contributed by atoms with Gasteiger partial charge in [-0.15, -0.1) is 0 Å². The molecule has 2 aromatic heterocycles. The lowest BCUT2D eigenvalue weighted by atomic mass is 10.0. The zero-order valence-corrected chi connectivity index (χ0v) is 16.7. The molecule has 0 radical (unpaired) electrons. The van der Waals surface area contributed by atoms with Gasteiger partial charge < -0.3 is 4.42 Å². The summed E-state index contributed by atoms with van der Waals surface area (Å²) >= 11 is 0. The Morgan fingerprint density at radius 1 is 0.938 bits per heavy atom. The standard InChI is InChI=1S/C26H14N4O2/c27-14-17(15-28)12-19-16-30(20-7-2-1-3-8-20)29-25(19)23-13-22-21-9-5-4-6-18(21)10-11-24(22)32-26(23)31/h1-13,16H. The van der Waals surface area contributed by atoms with E-state index in [0.717, 1.165) is 21.8 Å². The lowest BCUT2D eigenvalue weighted by Crippen LogP contribution is -2.04. The molecular formula is C26H14N4O2. The van der Waals surface area contributed by atoms with Crippen molar-refractivity contribution in [1.82, 2.24) is 9.78 Å². The third-order valence-electron chi connectivity index (χ3n) is 5.20. The molecule has 0 N–H and O–H groups in total. The van der Waals surface area contributed by atoms with Gasteiger partial charge in [0.2, 0.25) is 0 Å². The largest absolute Gasteiger partial charge is 0.422 e. The van der Waals surface area contributed by atoms with Crippen LogP contribution in [0.3, 0.4) is 0 Å². The number of benzene rings is 3. The molecule has 0 fully saturated rings. The molecule has 0 bridgehead atoms. The minimum atomic E-state index is -0.545. The predicted molar refractivity (Wildman–Crippen MR) is 122 cm³/mol. The summed E-state index contributed by atoms with van der Waals surface area (Å²) in [6, 6.07) is 26.4. The molecule has 0 saturated heterocycles. The number of aromatic nitrogens is 2. The molecular weight excluding hydrogens is 400 g/mol. The van der Waals surface area contributed by atoms with E-state index >= 15 is 0 Å². The summed E-state index contributed by atoms with van der Waals surface area (Å²) in [5, 5.41) is 25.8. The first kappa shape index (κ1) is 19.0. The highest BCUT2D eigenvalue weighted by molar-refractivity contribution is 6.06. The van der Waals surface area contributed by atoms with Crippen LogP contribution < -0.4 is 5.63 Å². The molecule has 150 valence electrons. The second-order valence-corrected chi connectivity index (χ2v) is 7.14. The molecule has 3 aromatic carbocycles. The molecule has 0 aliphatic carbocycles. The molecule has 2 heterocycles. The first-order chi connectivity index (χ1) is 15.7. The number of nitriles is 2. The van der Waals surface area contributed by atoms with Gasteiger partial charge in [0.05, 0.1) is 11.3 Å². The van der Waals surface area contributed by atoms with Crippen molar-refractivity contribution in [3.63, 3.8) is 0 Å². The van der Waals surface area contributed by atoms with Gasteiger partial charge in [0, 0.05) is 17.1 Å². The van der Waals surface area contributed by atoms with Crippen LogP contribution in [0.4, 0.5) is 0 Å². The summed E-state index contributed by atoms with van der Waals surface area (Å²) in [7, 11) is 0. The van der Waals surface area contributed by atoms with Crippen molar-refractivity contribution in [2.45, 2.75) is 0 Å². The zero-order chi connectivity index (χ0) is 22.1. The van der Waals surface area contributed by atoms with E-state index in [1.54, 1.807) is 23.0 Å². The molecule has 0 saturated carbocycles. The number of rotatable bonds is 3. The topological polar surface area (TPSA) is 95.6 Å². The maximum absolute atomic E-state index is 12.9. The van der Waals surface area contributed by atoms with Gasteiger partial charge in [-0.2, -0.15) is 15.6 Å². The SMILES string of the molecule is N#CC(C#N)=Cc1cn(-c2ccccc2)nc1-c1cc2c(ccc3ccccc32)oc1=O. The summed E-state index contributed by atoms with van der Waals surface area (Å²) in [6.07, 6.45) is 3.11. The van der Waals surface area contributed by atoms with Crippen molar-refractivity contribution in [3.8, 4) is 29.1 Å². The van der Waals surface area contributed by atoms with Crippen LogP contribution in [-0.2, 0) is 0 Å². The van der Waals surface area contributed by atoms with Crippen LogP contribution in [0.15, 0.2) is 93.8 Å². The molecule has 0 spiro atoms. The van der Waals surface area contributed by atoms with E-state index in [1.165, 1.54) is 6.08 Å². The van der Waals surface area contributed by atoms with Gasteiger partial charge in [0.25, 0.3) is 0 Å². The third kappa shape index (κ3) is 3.23. The molecule has 6 heteroatoms. The number of nitrogens with zero attached hydrogens (tertiary/aromatic N) is 4. The van der Waals surface area contributed by atoms with Crippen LogP contribution in [-0.4, -0.2) is 9.78 Å². The molecule has 6 nitrogen and oxygen atoms in total. The average Bonchev–Trinajstić information content (AvgIpc) is 3.26.